The third kappa shape index (κ3) is 5.04. The zero-order valence-electron chi connectivity index (χ0n) is 26.7. The van der Waals surface area contributed by atoms with Crippen molar-refractivity contribution in [3.8, 4) is 11.5 Å². The normalized spacial score (nSPS) is 27.0. The summed E-state index contributed by atoms with van der Waals surface area (Å²) in [6, 6.07) is 17.4. The Labute approximate surface area is 296 Å². The molecule has 4 N–H and O–H groups in total. The number of aliphatic hydroxyl groups is 1. The van der Waals surface area contributed by atoms with Crippen LogP contribution in [0.3, 0.4) is 0 Å². The number of nitrogens with one attached hydrogen (secondary N) is 1. The maximum absolute atomic E-state index is 15.2. The van der Waals surface area contributed by atoms with Gasteiger partial charge in [-0.15, -0.1) is 0 Å². The lowest BCUT2D eigenvalue weighted by Gasteiger charge is -2.50. The van der Waals surface area contributed by atoms with Crippen LogP contribution in [0.2, 0.25) is 10.0 Å². The minimum Gasteiger partial charge on any atom is -0.497 e. The summed E-state index contributed by atoms with van der Waals surface area (Å²) in [6.45, 7) is -0.111. The topological polar surface area (TPSA) is 169 Å². The molecule has 2 aliphatic carbocycles. The number of hydrazine groups is 1. The molecule has 4 aliphatic rings. The quantitative estimate of drug-likeness (QED) is 0.225. The standard InChI is InChI=1S/C36H32Cl2N4O8/c1-49-21-9-4-19(5-10-21)36-26(32(45)42(34(36)47)40-28-13-6-20(37)16-27(28)38)17-25-23(30(36)18-2-7-22(8-3-18)50-15-14-43)11-12-24-29(25)33(46)41(31(24)44)35(39)48/h2-11,13,16,24-26,29-30,40,43H,12,14-15,17H2,1H3,(H2,39,48). The summed E-state index contributed by atoms with van der Waals surface area (Å²) >= 11 is 12.6. The Morgan fingerprint density at radius 2 is 1.66 bits per heavy atom. The molecule has 2 heterocycles. The SMILES string of the molecule is COc1ccc(C23C(=O)N(Nc4ccc(Cl)cc4Cl)C(=O)C2CC2C(=CCC4C(=O)N(C(N)=O)C(=O)C42)C3c2ccc(OCCO)cc2)cc1. The Balaban J connectivity index is 1.44. The van der Waals surface area contributed by atoms with E-state index in [0.29, 0.717) is 38.1 Å². The Kier molecular flexibility index (Phi) is 8.57. The van der Waals surface area contributed by atoms with E-state index in [2.05, 4.69) is 5.43 Å². The van der Waals surface area contributed by atoms with Crippen LogP contribution in [0.25, 0.3) is 0 Å². The van der Waals surface area contributed by atoms with Gasteiger partial charge in [-0.25, -0.2) is 4.79 Å². The monoisotopic (exact) mass is 718 g/mol. The van der Waals surface area contributed by atoms with Gasteiger partial charge in [0.2, 0.25) is 11.8 Å². The van der Waals surface area contributed by atoms with E-state index >= 15 is 4.79 Å². The van der Waals surface area contributed by atoms with Crippen LogP contribution in [0.4, 0.5) is 10.5 Å². The first kappa shape index (κ1) is 33.6. The highest BCUT2D eigenvalue weighted by molar-refractivity contribution is 6.36. The van der Waals surface area contributed by atoms with Gasteiger partial charge in [0, 0.05) is 10.9 Å². The van der Waals surface area contributed by atoms with Gasteiger partial charge in [-0.05, 0) is 72.4 Å². The zero-order valence-corrected chi connectivity index (χ0v) is 28.2. The van der Waals surface area contributed by atoms with Gasteiger partial charge in [0.15, 0.2) is 0 Å². The number of halogens is 2. The lowest BCUT2D eigenvalue weighted by Crippen LogP contribution is -2.53. The van der Waals surface area contributed by atoms with Crippen LogP contribution in [0, 0.1) is 23.7 Å². The van der Waals surface area contributed by atoms with Crippen LogP contribution in [0.1, 0.15) is 29.9 Å². The number of fused-ring (bicyclic) bond motifs is 4. The van der Waals surface area contributed by atoms with Gasteiger partial charge in [0.05, 0.1) is 47.6 Å². The van der Waals surface area contributed by atoms with Crippen molar-refractivity contribution in [1.82, 2.24) is 9.91 Å². The highest BCUT2D eigenvalue weighted by Crippen LogP contribution is 2.64. The average molecular weight is 720 g/mol. The van der Waals surface area contributed by atoms with Crippen molar-refractivity contribution in [2.75, 3.05) is 25.7 Å². The molecule has 258 valence electrons. The lowest BCUT2D eigenvalue weighted by atomic mass is 9.49. The summed E-state index contributed by atoms with van der Waals surface area (Å²) in [5, 5.41) is 10.8. The predicted molar refractivity (Wildman–Crippen MR) is 181 cm³/mol. The Morgan fingerprint density at radius 3 is 2.30 bits per heavy atom. The fourth-order valence-electron chi connectivity index (χ4n) is 8.36. The Morgan fingerprint density at radius 1 is 0.960 bits per heavy atom. The van der Waals surface area contributed by atoms with Crippen molar-refractivity contribution in [3.05, 3.63) is 99.6 Å². The number of likely N-dealkylation sites (tertiary alicyclic amines) is 1. The number of primary amides is 1. The number of benzene rings is 3. The summed E-state index contributed by atoms with van der Waals surface area (Å²) in [5.41, 5.74) is 9.03. The molecule has 0 radical (unpaired) electrons. The number of rotatable bonds is 8. The maximum Gasteiger partial charge on any atom is 0.328 e. The summed E-state index contributed by atoms with van der Waals surface area (Å²) in [4.78, 5) is 69.8. The molecule has 50 heavy (non-hydrogen) atoms. The largest absolute Gasteiger partial charge is 0.497 e. The first-order chi connectivity index (χ1) is 24.0. The van der Waals surface area contributed by atoms with Crippen LogP contribution in [-0.2, 0) is 24.6 Å². The molecule has 3 aromatic carbocycles. The molecule has 12 nitrogen and oxygen atoms in total. The van der Waals surface area contributed by atoms with Crippen LogP contribution in [0.5, 0.6) is 11.5 Å². The summed E-state index contributed by atoms with van der Waals surface area (Å²) < 4.78 is 11.0. The van der Waals surface area contributed by atoms with Crippen molar-refractivity contribution in [2.45, 2.75) is 24.2 Å². The number of methoxy groups -OCH3 is 1. The number of carbonyl (C=O) groups is 5. The van der Waals surface area contributed by atoms with Gasteiger partial charge in [-0.1, -0.05) is 59.1 Å². The van der Waals surface area contributed by atoms with Gasteiger partial charge in [0.25, 0.3) is 11.8 Å². The third-order valence-electron chi connectivity index (χ3n) is 10.4. The minimum absolute atomic E-state index is 0.0238. The summed E-state index contributed by atoms with van der Waals surface area (Å²) in [6.07, 6.45) is 2.02. The van der Waals surface area contributed by atoms with Crippen molar-refractivity contribution in [3.63, 3.8) is 0 Å². The molecule has 0 spiro atoms. The van der Waals surface area contributed by atoms with Gasteiger partial charge in [-0.2, -0.15) is 9.91 Å². The van der Waals surface area contributed by atoms with E-state index in [9.17, 15) is 24.3 Å². The molecule has 6 atom stereocenters. The molecule has 6 amide bonds. The molecule has 2 saturated heterocycles. The van der Waals surface area contributed by atoms with Crippen LogP contribution in [-0.4, -0.2) is 65.0 Å². The van der Waals surface area contributed by atoms with Gasteiger partial charge < -0.3 is 20.3 Å². The van der Waals surface area contributed by atoms with Crippen molar-refractivity contribution < 1.29 is 38.6 Å². The molecule has 3 aromatic rings. The molecule has 7 rings (SSSR count). The first-order valence-electron chi connectivity index (χ1n) is 16.0. The maximum atomic E-state index is 15.2. The summed E-state index contributed by atoms with van der Waals surface area (Å²) in [5.74, 6) is -5.84. The molecular weight excluding hydrogens is 687 g/mol. The molecule has 0 bridgehead atoms. The van der Waals surface area contributed by atoms with E-state index in [1.807, 2.05) is 6.08 Å². The Hall–Kier alpha value is -4.91. The molecule has 2 aliphatic heterocycles. The number of hydrogen-bond acceptors (Lipinski definition) is 9. The highest BCUT2D eigenvalue weighted by Gasteiger charge is 2.70. The van der Waals surface area contributed by atoms with E-state index in [1.165, 1.54) is 13.2 Å². The van der Waals surface area contributed by atoms with Crippen LogP contribution >= 0.6 is 23.2 Å². The predicted octanol–water partition coefficient (Wildman–Crippen LogP) is 4.44. The number of urea groups is 1. The van der Waals surface area contributed by atoms with Crippen molar-refractivity contribution >= 4 is 58.5 Å². The smallest absolute Gasteiger partial charge is 0.328 e. The molecule has 1 saturated carbocycles. The lowest BCUT2D eigenvalue weighted by molar-refractivity contribution is -0.139. The molecular formula is C36H32Cl2N4O8. The van der Waals surface area contributed by atoms with E-state index in [1.54, 1.807) is 60.7 Å². The molecule has 6 unspecified atom stereocenters. The third-order valence-corrected chi connectivity index (χ3v) is 10.9. The molecule has 0 aromatic heterocycles. The average Bonchev–Trinajstić information content (AvgIpc) is 3.49. The zero-order chi connectivity index (χ0) is 35.5. The fraction of sp³-hybridized carbons (Fsp3) is 0.306. The van der Waals surface area contributed by atoms with E-state index < -0.39 is 64.7 Å². The van der Waals surface area contributed by atoms with Gasteiger partial charge >= 0.3 is 6.03 Å². The number of allylic oxidation sites excluding steroid dienone is 2. The second kappa shape index (κ2) is 12.8. The first-order valence-corrected chi connectivity index (χ1v) is 16.7. The number of hydrogen-bond donors (Lipinski definition) is 3. The number of nitrogens with zero attached hydrogens (tertiary/aromatic N) is 2. The number of anilines is 1. The Bertz CT molecular complexity index is 1950. The highest BCUT2D eigenvalue weighted by atomic mass is 35.5. The number of imide groups is 4. The van der Waals surface area contributed by atoms with E-state index in [-0.39, 0.29) is 36.8 Å². The van der Waals surface area contributed by atoms with E-state index in [4.69, 9.17) is 38.4 Å². The second-order valence-corrected chi connectivity index (χ2v) is 13.5. The van der Waals surface area contributed by atoms with E-state index in [0.717, 1.165) is 5.01 Å². The minimum atomic E-state index is -1.55. The number of amides is 6. The fourth-order valence-corrected chi connectivity index (χ4v) is 8.81. The molecule has 14 heteroatoms. The number of nitrogens with two attached hydrogens (primary N) is 1. The van der Waals surface area contributed by atoms with Gasteiger partial charge in [0.1, 0.15) is 18.1 Å². The van der Waals surface area contributed by atoms with Gasteiger partial charge in [-0.3, -0.25) is 24.6 Å². The number of aliphatic hydroxyl groups excluding tert-OH is 1. The number of ether oxygens (including phenoxy) is 2. The van der Waals surface area contributed by atoms with Crippen molar-refractivity contribution in [1.29, 1.82) is 0 Å². The second-order valence-electron chi connectivity index (χ2n) is 12.7. The summed E-state index contributed by atoms with van der Waals surface area (Å²) in [7, 11) is 1.52. The molecule has 3 fully saturated rings. The van der Waals surface area contributed by atoms with Crippen LogP contribution in [0.15, 0.2) is 78.4 Å². The van der Waals surface area contributed by atoms with Crippen molar-refractivity contribution in [2.24, 2.45) is 29.4 Å². The van der Waals surface area contributed by atoms with Crippen LogP contribution < -0.4 is 20.6 Å². The number of carbonyl (C=O) groups excluding carboxylic acids is 5.